The van der Waals surface area contributed by atoms with Gasteiger partial charge in [-0.25, -0.2) is 0 Å². The van der Waals surface area contributed by atoms with Crippen LogP contribution in [0.15, 0.2) is 42.5 Å². The minimum absolute atomic E-state index is 0.115. The second-order valence-electron chi connectivity index (χ2n) is 7.10. The number of carbonyl (C=O) groups excluding carboxylic acids is 2. The normalized spacial score (nSPS) is 13.9. The van der Waals surface area contributed by atoms with E-state index in [4.69, 9.17) is 16.3 Å². The highest BCUT2D eigenvalue weighted by atomic mass is 35.5. The summed E-state index contributed by atoms with van der Waals surface area (Å²) in [6.07, 6.45) is 5.99. The van der Waals surface area contributed by atoms with Crippen LogP contribution in [0.4, 0.5) is 11.4 Å². The van der Waals surface area contributed by atoms with Gasteiger partial charge in [0.15, 0.2) is 0 Å². The summed E-state index contributed by atoms with van der Waals surface area (Å²) >= 11 is 6.19. The molecule has 28 heavy (non-hydrogen) atoms. The molecule has 0 atom stereocenters. The van der Waals surface area contributed by atoms with Crippen LogP contribution in [0, 0.1) is 0 Å². The first kappa shape index (κ1) is 20.2. The van der Waals surface area contributed by atoms with Gasteiger partial charge in [0.2, 0.25) is 11.8 Å². The quantitative estimate of drug-likeness (QED) is 0.671. The molecular weight excluding hydrogens is 376 g/mol. The van der Waals surface area contributed by atoms with E-state index in [2.05, 4.69) is 10.6 Å². The van der Waals surface area contributed by atoms with Crippen LogP contribution in [0.3, 0.4) is 0 Å². The van der Waals surface area contributed by atoms with E-state index < -0.39 is 0 Å². The van der Waals surface area contributed by atoms with Crippen LogP contribution in [0.1, 0.15) is 44.6 Å². The van der Waals surface area contributed by atoms with Crippen molar-refractivity contribution in [3.8, 4) is 5.75 Å². The third-order valence-electron chi connectivity index (χ3n) is 4.71. The third kappa shape index (κ3) is 5.99. The molecule has 0 bridgehead atoms. The summed E-state index contributed by atoms with van der Waals surface area (Å²) in [4.78, 5) is 23.4. The SMILES string of the molecule is CC(=O)Nc1ccc(NC(=O)CCc2cccc(OC3CCCC3)c2)c(Cl)c1. The molecule has 0 radical (unpaired) electrons. The van der Waals surface area contributed by atoms with E-state index in [1.807, 2.05) is 24.3 Å². The van der Waals surface area contributed by atoms with E-state index in [-0.39, 0.29) is 11.8 Å². The fraction of sp³-hybridized carbons (Fsp3) is 0.364. The molecular formula is C22H25ClN2O3. The van der Waals surface area contributed by atoms with Crippen molar-refractivity contribution in [1.82, 2.24) is 0 Å². The van der Waals surface area contributed by atoms with Gasteiger partial charge >= 0.3 is 0 Å². The molecule has 0 spiro atoms. The third-order valence-corrected chi connectivity index (χ3v) is 5.02. The largest absolute Gasteiger partial charge is 0.490 e. The highest BCUT2D eigenvalue weighted by molar-refractivity contribution is 6.34. The van der Waals surface area contributed by atoms with Crippen LogP contribution in [0.2, 0.25) is 5.02 Å². The first-order chi connectivity index (χ1) is 13.5. The zero-order chi connectivity index (χ0) is 19.9. The number of hydrogen-bond acceptors (Lipinski definition) is 3. The highest BCUT2D eigenvalue weighted by Gasteiger charge is 2.16. The van der Waals surface area contributed by atoms with Gasteiger partial charge in [0, 0.05) is 19.0 Å². The van der Waals surface area contributed by atoms with Crippen LogP contribution >= 0.6 is 11.6 Å². The zero-order valence-corrected chi connectivity index (χ0v) is 16.7. The van der Waals surface area contributed by atoms with Crippen molar-refractivity contribution in [2.45, 2.75) is 51.6 Å². The Morgan fingerprint density at radius 2 is 1.89 bits per heavy atom. The van der Waals surface area contributed by atoms with E-state index in [0.717, 1.165) is 24.2 Å². The average molecular weight is 401 g/mol. The zero-order valence-electron chi connectivity index (χ0n) is 16.0. The van der Waals surface area contributed by atoms with Crippen molar-refractivity contribution in [3.05, 3.63) is 53.1 Å². The van der Waals surface area contributed by atoms with Crippen molar-refractivity contribution >= 4 is 34.8 Å². The number of hydrogen-bond donors (Lipinski definition) is 2. The summed E-state index contributed by atoms with van der Waals surface area (Å²) in [5.74, 6) is 0.588. The fourth-order valence-electron chi connectivity index (χ4n) is 3.34. The Morgan fingerprint density at radius 3 is 2.61 bits per heavy atom. The molecule has 1 aliphatic rings. The lowest BCUT2D eigenvalue weighted by Crippen LogP contribution is -2.13. The number of rotatable bonds is 7. The van der Waals surface area contributed by atoms with Crippen LogP contribution in [0.25, 0.3) is 0 Å². The lowest BCUT2D eigenvalue weighted by molar-refractivity contribution is -0.116. The van der Waals surface area contributed by atoms with Crippen molar-refractivity contribution in [1.29, 1.82) is 0 Å². The number of carbonyl (C=O) groups is 2. The number of ether oxygens (including phenoxy) is 1. The Labute approximate surface area is 170 Å². The number of benzene rings is 2. The van der Waals surface area contributed by atoms with E-state index in [9.17, 15) is 9.59 Å². The molecule has 0 heterocycles. The Bertz CT molecular complexity index is 847. The summed E-state index contributed by atoms with van der Waals surface area (Å²) in [6, 6.07) is 13.0. The number of amides is 2. The molecule has 148 valence electrons. The van der Waals surface area contributed by atoms with E-state index >= 15 is 0 Å². The molecule has 0 unspecified atom stereocenters. The molecule has 0 aliphatic heterocycles. The topological polar surface area (TPSA) is 67.4 Å². The highest BCUT2D eigenvalue weighted by Crippen LogP contribution is 2.27. The van der Waals surface area contributed by atoms with E-state index in [1.54, 1.807) is 18.2 Å². The molecule has 2 aromatic rings. The Hall–Kier alpha value is -2.53. The van der Waals surface area contributed by atoms with E-state index in [0.29, 0.717) is 35.3 Å². The molecule has 3 rings (SSSR count). The van der Waals surface area contributed by atoms with Crippen molar-refractivity contribution in [2.24, 2.45) is 0 Å². The minimum Gasteiger partial charge on any atom is -0.490 e. The summed E-state index contributed by atoms with van der Waals surface area (Å²) in [7, 11) is 0. The molecule has 2 aromatic carbocycles. The number of nitrogens with one attached hydrogen (secondary N) is 2. The number of halogens is 1. The van der Waals surface area contributed by atoms with Crippen LogP contribution in [-0.4, -0.2) is 17.9 Å². The first-order valence-corrected chi connectivity index (χ1v) is 10.00. The molecule has 0 aromatic heterocycles. The monoisotopic (exact) mass is 400 g/mol. The maximum atomic E-state index is 12.3. The average Bonchev–Trinajstić information content (AvgIpc) is 3.15. The van der Waals surface area contributed by atoms with Gasteiger partial charge in [-0.15, -0.1) is 0 Å². The molecule has 1 aliphatic carbocycles. The van der Waals surface area contributed by atoms with Crippen LogP contribution in [-0.2, 0) is 16.0 Å². The molecule has 5 nitrogen and oxygen atoms in total. The lowest BCUT2D eigenvalue weighted by atomic mass is 10.1. The van der Waals surface area contributed by atoms with Crippen molar-refractivity contribution in [3.63, 3.8) is 0 Å². The maximum absolute atomic E-state index is 12.3. The van der Waals surface area contributed by atoms with Gasteiger partial charge in [0.25, 0.3) is 0 Å². The number of anilines is 2. The van der Waals surface area contributed by atoms with Gasteiger partial charge in [0.1, 0.15) is 5.75 Å². The van der Waals surface area contributed by atoms with Gasteiger partial charge < -0.3 is 15.4 Å². The molecule has 0 saturated heterocycles. The smallest absolute Gasteiger partial charge is 0.224 e. The Kier molecular flexibility index (Phi) is 6.93. The summed E-state index contributed by atoms with van der Waals surface area (Å²) in [5, 5.41) is 5.86. The molecule has 1 saturated carbocycles. The van der Waals surface area contributed by atoms with Crippen LogP contribution in [0.5, 0.6) is 5.75 Å². The first-order valence-electron chi connectivity index (χ1n) is 9.62. The van der Waals surface area contributed by atoms with Gasteiger partial charge in [-0.3, -0.25) is 9.59 Å². The van der Waals surface area contributed by atoms with Crippen molar-refractivity contribution < 1.29 is 14.3 Å². The van der Waals surface area contributed by atoms with Gasteiger partial charge in [-0.2, -0.15) is 0 Å². The minimum atomic E-state index is -0.174. The molecule has 6 heteroatoms. The van der Waals surface area contributed by atoms with Gasteiger partial charge in [-0.1, -0.05) is 23.7 Å². The summed E-state index contributed by atoms with van der Waals surface area (Å²) in [5.41, 5.74) is 2.19. The Balaban J connectivity index is 1.52. The second-order valence-corrected chi connectivity index (χ2v) is 7.50. The van der Waals surface area contributed by atoms with Crippen LogP contribution < -0.4 is 15.4 Å². The van der Waals surface area contributed by atoms with Gasteiger partial charge in [-0.05, 0) is 68.0 Å². The number of aryl methyl sites for hydroxylation is 1. The molecule has 1 fully saturated rings. The lowest BCUT2D eigenvalue weighted by Gasteiger charge is -2.14. The second kappa shape index (κ2) is 9.60. The summed E-state index contributed by atoms with van der Waals surface area (Å²) in [6.45, 7) is 1.43. The Morgan fingerprint density at radius 1 is 1.11 bits per heavy atom. The molecule has 2 N–H and O–H groups in total. The predicted octanol–water partition coefficient (Wildman–Crippen LogP) is 5.19. The molecule has 2 amide bonds. The van der Waals surface area contributed by atoms with E-state index in [1.165, 1.54) is 19.8 Å². The maximum Gasteiger partial charge on any atom is 0.224 e. The standard InChI is InChI=1S/C22H25ClN2O3/c1-15(26)24-17-10-11-21(20(23)14-17)25-22(27)12-9-16-5-4-8-19(13-16)28-18-6-2-3-7-18/h4-5,8,10-11,13-14,18H,2-3,6-7,9,12H2,1H3,(H,24,26)(H,25,27). The predicted molar refractivity (Wildman–Crippen MR) is 112 cm³/mol. The fourth-order valence-corrected chi connectivity index (χ4v) is 3.57. The summed E-state index contributed by atoms with van der Waals surface area (Å²) < 4.78 is 6.02. The van der Waals surface area contributed by atoms with Crippen molar-refractivity contribution in [2.75, 3.05) is 10.6 Å². The van der Waals surface area contributed by atoms with Gasteiger partial charge in [0.05, 0.1) is 16.8 Å².